The summed E-state index contributed by atoms with van der Waals surface area (Å²) in [6.45, 7) is 3.56. The van der Waals surface area contributed by atoms with Gasteiger partial charge in [0.05, 0.1) is 0 Å². The number of hydrogen-bond acceptors (Lipinski definition) is 4. The van der Waals surface area contributed by atoms with Crippen molar-refractivity contribution in [3.05, 3.63) is 71.3 Å². The third-order valence-corrected chi connectivity index (χ3v) is 4.82. The molecule has 0 radical (unpaired) electrons. The van der Waals surface area contributed by atoms with Gasteiger partial charge in [-0.2, -0.15) is 0 Å². The monoisotopic (exact) mass is 381 g/mol. The van der Waals surface area contributed by atoms with Crippen LogP contribution in [0.5, 0.6) is 5.75 Å². The molecule has 2 aromatic carbocycles. The third-order valence-electron chi connectivity index (χ3n) is 4.82. The van der Waals surface area contributed by atoms with Crippen LogP contribution in [0.1, 0.15) is 54.1 Å². The normalized spacial score (nSPS) is 13.2. The number of phenolic OH excluding ortho intramolecular Hbond substituents is 1. The molecule has 2 aromatic rings. The second-order valence-electron chi connectivity index (χ2n) is 6.85. The number of rotatable bonds is 9. The lowest BCUT2D eigenvalue weighted by molar-refractivity contribution is -0.125. The molecule has 28 heavy (non-hydrogen) atoms. The maximum atomic E-state index is 12.4. The minimum absolute atomic E-state index is 0.0941. The number of aliphatic hydroxyl groups excluding tert-OH is 1. The first-order valence-electron chi connectivity index (χ1n) is 9.44. The molecule has 2 atom stereocenters. The molecule has 0 aliphatic carbocycles. The molecule has 2 unspecified atom stereocenters. The van der Waals surface area contributed by atoms with Gasteiger partial charge in [-0.1, -0.05) is 56.3 Å². The lowest BCUT2D eigenvalue weighted by atomic mass is 9.86. The van der Waals surface area contributed by atoms with E-state index in [1.165, 1.54) is 6.08 Å². The first-order chi connectivity index (χ1) is 13.4. The average Bonchev–Trinajstić information content (AvgIpc) is 2.71. The highest BCUT2D eigenvalue weighted by molar-refractivity contribution is 6.06. The predicted molar refractivity (Wildman–Crippen MR) is 110 cm³/mol. The number of hydrogen-bond donors (Lipinski definition) is 3. The zero-order valence-corrected chi connectivity index (χ0v) is 16.3. The molecule has 3 N–H and O–H groups in total. The van der Waals surface area contributed by atoms with Gasteiger partial charge in [-0.05, 0) is 48.1 Å². The number of aromatic hydroxyl groups is 1. The quantitative estimate of drug-likeness (QED) is 0.350. The summed E-state index contributed by atoms with van der Waals surface area (Å²) in [5, 5.41) is 20.5. The first-order valence-corrected chi connectivity index (χ1v) is 9.44. The van der Waals surface area contributed by atoms with Crippen molar-refractivity contribution >= 4 is 17.8 Å². The van der Waals surface area contributed by atoms with Crippen molar-refractivity contribution in [2.75, 3.05) is 6.73 Å². The van der Waals surface area contributed by atoms with E-state index in [4.69, 9.17) is 5.11 Å². The Balaban J connectivity index is 2.03. The number of allylic oxidation sites excluding steroid dienone is 1. The highest BCUT2D eigenvalue weighted by atomic mass is 16.3. The summed E-state index contributed by atoms with van der Waals surface area (Å²) >= 11 is 0. The van der Waals surface area contributed by atoms with Crippen molar-refractivity contribution in [3.8, 4) is 5.75 Å². The van der Waals surface area contributed by atoms with E-state index in [0.29, 0.717) is 12.0 Å². The summed E-state index contributed by atoms with van der Waals surface area (Å²) in [4.78, 5) is 24.2. The van der Waals surface area contributed by atoms with Crippen LogP contribution in [0.3, 0.4) is 0 Å². The molecule has 0 aliphatic heterocycles. The van der Waals surface area contributed by atoms with E-state index in [1.807, 2.05) is 19.1 Å². The second-order valence-corrected chi connectivity index (χ2v) is 6.85. The maximum absolute atomic E-state index is 12.4. The second kappa shape index (κ2) is 10.4. The Kier molecular flexibility index (Phi) is 7.96. The van der Waals surface area contributed by atoms with Crippen LogP contribution in [0.25, 0.3) is 6.08 Å². The van der Waals surface area contributed by atoms with Crippen molar-refractivity contribution in [2.45, 2.75) is 32.6 Å². The van der Waals surface area contributed by atoms with Crippen LogP contribution in [-0.2, 0) is 4.79 Å². The zero-order valence-electron chi connectivity index (χ0n) is 16.3. The molecule has 0 heterocycles. The minimum Gasteiger partial charge on any atom is -0.508 e. The Morgan fingerprint density at radius 1 is 1.07 bits per heavy atom. The third kappa shape index (κ3) is 6.06. The van der Waals surface area contributed by atoms with E-state index in [1.54, 1.807) is 42.5 Å². The van der Waals surface area contributed by atoms with Crippen LogP contribution in [-0.4, -0.2) is 28.6 Å². The summed E-state index contributed by atoms with van der Waals surface area (Å²) < 4.78 is 0. The fraction of sp³-hybridized carbons (Fsp3) is 0.304. The first kappa shape index (κ1) is 21.4. The Labute approximate surface area is 165 Å². The minimum atomic E-state index is -0.353. The SMILES string of the molecule is CCC(CC(C)C(=O)NCO)c1ccc(C(=O)/C=C/c2ccc(O)cc2)cc1. The van der Waals surface area contributed by atoms with Crippen LogP contribution >= 0.6 is 0 Å². The molecule has 0 bridgehead atoms. The van der Waals surface area contributed by atoms with Crippen molar-refractivity contribution in [1.82, 2.24) is 5.32 Å². The molecule has 0 saturated carbocycles. The number of amides is 1. The molecule has 0 spiro atoms. The smallest absolute Gasteiger partial charge is 0.224 e. The van der Waals surface area contributed by atoms with Gasteiger partial charge in [0.25, 0.3) is 0 Å². The summed E-state index contributed by atoms with van der Waals surface area (Å²) in [5.41, 5.74) is 2.52. The molecular weight excluding hydrogens is 354 g/mol. The van der Waals surface area contributed by atoms with E-state index in [0.717, 1.165) is 17.5 Å². The highest BCUT2D eigenvalue weighted by Crippen LogP contribution is 2.27. The number of carbonyl (C=O) groups is 2. The van der Waals surface area contributed by atoms with Crippen molar-refractivity contribution < 1.29 is 19.8 Å². The lowest BCUT2D eigenvalue weighted by Crippen LogP contribution is -2.30. The van der Waals surface area contributed by atoms with E-state index in [-0.39, 0.29) is 36.0 Å². The summed E-state index contributed by atoms with van der Waals surface area (Å²) in [6.07, 6.45) is 4.78. The van der Waals surface area contributed by atoms with Crippen LogP contribution in [0.2, 0.25) is 0 Å². The van der Waals surface area contributed by atoms with E-state index in [9.17, 15) is 14.7 Å². The molecule has 148 valence electrons. The molecule has 0 saturated heterocycles. The van der Waals surface area contributed by atoms with Gasteiger partial charge in [0.1, 0.15) is 12.5 Å². The van der Waals surface area contributed by atoms with E-state index in [2.05, 4.69) is 12.2 Å². The summed E-state index contributed by atoms with van der Waals surface area (Å²) in [7, 11) is 0. The average molecular weight is 381 g/mol. The maximum Gasteiger partial charge on any atom is 0.224 e. The number of carbonyl (C=O) groups excluding carboxylic acids is 2. The number of ketones is 1. The van der Waals surface area contributed by atoms with Crippen LogP contribution in [0.4, 0.5) is 0 Å². The van der Waals surface area contributed by atoms with Crippen molar-refractivity contribution in [1.29, 1.82) is 0 Å². The largest absolute Gasteiger partial charge is 0.508 e. The fourth-order valence-electron chi connectivity index (χ4n) is 3.10. The Morgan fingerprint density at radius 2 is 1.71 bits per heavy atom. The van der Waals surface area contributed by atoms with Gasteiger partial charge in [-0.25, -0.2) is 0 Å². The number of phenols is 1. The standard InChI is InChI=1S/C23H27NO4/c1-3-18(14-16(2)23(28)24-15-25)19-7-9-20(10-8-19)22(27)13-6-17-4-11-21(26)12-5-17/h4-13,16,18,25-26H,3,14-15H2,1-2H3,(H,24,28)/b13-6+. The number of aliphatic hydroxyl groups is 1. The van der Waals surface area contributed by atoms with Crippen LogP contribution in [0, 0.1) is 5.92 Å². The van der Waals surface area contributed by atoms with E-state index >= 15 is 0 Å². The molecule has 0 fully saturated rings. The van der Waals surface area contributed by atoms with Crippen LogP contribution in [0.15, 0.2) is 54.6 Å². The Bertz CT molecular complexity index is 810. The molecule has 1 amide bonds. The molecule has 5 heteroatoms. The molecule has 0 aliphatic rings. The van der Waals surface area contributed by atoms with Crippen molar-refractivity contribution in [3.63, 3.8) is 0 Å². The zero-order chi connectivity index (χ0) is 20.5. The highest BCUT2D eigenvalue weighted by Gasteiger charge is 2.19. The Morgan fingerprint density at radius 3 is 2.29 bits per heavy atom. The van der Waals surface area contributed by atoms with Crippen molar-refractivity contribution in [2.24, 2.45) is 5.92 Å². The van der Waals surface area contributed by atoms with E-state index < -0.39 is 0 Å². The van der Waals surface area contributed by atoms with Gasteiger partial charge < -0.3 is 15.5 Å². The molecule has 0 aromatic heterocycles. The van der Waals surface area contributed by atoms with Gasteiger partial charge >= 0.3 is 0 Å². The molecule has 5 nitrogen and oxygen atoms in total. The predicted octanol–water partition coefficient (Wildman–Crippen LogP) is 3.87. The Hall–Kier alpha value is -2.92. The van der Waals surface area contributed by atoms with Gasteiger partial charge in [0.2, 0.25) is 5.91 Å². The number of nitrogens with one attached hydrogen (secondary N) is 1. The topological polar surface area (TPSA) is 86.6 Å². The van der Waals surface area contributed by atoms with Gasteiger partial charge in [-0.15, -0.1) is 0 Å². The van der Waals surface area contributed by atoms with Crippen LogP contribution < -0.4 is 5.32 Å². The van der Waals surface area contributed by atoms with Gasteiger partial charge in [0, 0.05) is 11.5 Å². The summed E-state index contributed by atoms with van der Waals surface area (Å²) in [5.74, 6) is -0.0639. The fourth-order valence-corrected chi connectivity index (χ4v) is 3.10. The van der Waals surface area contributed by atoms with Gasteiger partial charge in [-0.3, -0.25) is 9.59 Å². The molecular formula is C23H27NO4. The number of benzene rings is 2. The van der Waals surface area contributed by atoms with Gasteiger partial charge in [0.15, 0.2) is 5.78 Å². The summed E-state index contributed by atoms with van der Waals surface area (Å²) in [6, 6.07) is 14.1. The molecule has 2 rings (SSSR count). The lowest BCUT2D eigenvalue weighted by Gasteiger charge is -2.19.